The van der Waals surface area contributed by atoms with Crippen molar-refractivity contribution < 1.29 is 32.3 Å². The molecule has 3 rings (SSSR count). The molecule has 3 atom stereocenters. The Morgan fingerprint density at radius 1 is 1.05 bits per heavy atom. The number of sulfonamides is 1. The number of benzene rings is 2. The lowest BCUT2D eigenvalue weighted by Crippen LogP contribution is -2.53. The first-order valence-corrected chi connectivity index (χ1v) is 13.9. The molecule has 1 aliphatic rings. The van der Waals surface area contributed by atoms with Gasteiger partial charge in [-0.1, -0.05) is 44.2 Å². The summed E-state index contributed by atoms with van der Waals surface area (Å²) in [5, 5.41) is 5.54. The van der Waals surface area contributed by atoms with Crippen LogP contribution in [-0.2, 0) is 35.6 Å². The summed E-state index contributed by atoms with van der Waals surface area (Å²) in [5.74, 6) is -1.19. The van der Waals surface area contributed by atoms with Crippen molar-refractivity contribution in [1.29, 1.82) is 0 Å². The zero-order valence-corrected chi connectivity index (χ0v) is 22.8. The van der Waals surface area contributed by atoms with Crippen LogP contribution in [0, 0.1) is 5.92 Å². The molecule has 1 aliphatic heterocycles. The number of ether oxygens (including phenoxy) is 2. The van der Waals surface area contributed by atoms with Crippen molar-refractivity contribution in [2.75, 3.05) is 20.8 Å². The predicted molar refractivity (Wildman–Crippen MR) is 141 cm³/mol. The van der Waals surface area contributed by atoms with Crippen molar-refractivity contribution in [2.24, 2.45) is 5.92 Å². The minimum atomic E-state index is -3.66. The summed E-state index contributed by atoms with van der Waals surface area (Å²) in [4.78, 5) is 38.8. The van der Waals surface area contributed by atoms with Crippen molar-refractivity contribution in [3.05, 3.63) is 59.7 Å². The topological polar surface area (TPSA) is 140 Å². The van der Waals surface area contributed by atoms with Gasteiger partial charge < -0.3 is 20.1 Å². The maximum absolute atomic E-state index is 13.3. The van der Waals surface area contributed by atoms with Gasteiger partial charge in [0.05, 0.1) is 18.6 Å². The lowest BCUT2D eigenvalue weighted by Gasteiger charge is -2.24. The molecule has 2 amide bonds. The van der Waals surface area contributed by atoms with Gasteiger partial charge in [-0.2, -0.15) is 0 Å². The van der Waals surface area contributed by atoms with Crippen LogP contribution in [0.25, 0.3) is 0 Å². The van der Waals surface area contributed by atoms with E-state index in [1.807, 2.05) is 44.2 Å². The number of hydrogen-bond donors (Lipinski definition) is 3. The van der Waals surface area contributed by atoms with E-state index in [1.165, 1.54) is 26.3 Å². The standard InChI is InChI=1S/C27H35N3O7S/c1-17(2)12-23(27(33)36-4)30-26(32)22(13-18-8-6-5-7-9-18)29-25(31)14-19-16-37-24-11-10-20(15-21(19)24)38(34,35)28-3/h5-11,15,17,19,22-23,28H,12-14,16H2,1-4H3,(H,29,31)(H,30,32)/t19?,22-,23-/m0/s1. The Morgan fingerprint density at radius 3 is 2.39 bits per heavy atom. The molecule has 1 unspecified atom stereocenters. The highest BCUT2D eigenvalue weighted by molar-refractivity contribution is 7.89. The molecule has 0 radical (unpaired) electrons. The van der Waals surface area contributed by atoms with Crippen LogP contribution in [0.5, 0.6) is 5.75 Å². The molecule has 2 aromatic carbocycles. The van der Waals surface area contributed by atoms with E-state index in [4.69, 9.17) is 9.47 Å². The van der Waals surface area contributed by atoms with Gasteiger partial charge in [-0.15, -0.1) is 0 Å². The van der Waals surface area contributed by atoms with Gasteiger partial charge in [-0.25, -0.2) is 17.9 Å². The summed E-state index contributed by atoms with van der Waals surface area (Å²) in [6, 6.07) is 12.0. The first-order valence-electron chi connectivity index (χ1n) is 12.5. The van der Waals surface area contributed by atoms with Gasteiger partial charge in [0, 0.05) is 24.3 Å². The molecular formula is C27H35N3O7S. The Kier molecular flexibility index (Phi) is 9.87. The number of esters is 1. The third-order valence-electron chi connectivity index (χ3n) is 6.32. The van der Waals surface area contributed by atoms with Crippen LogP contribution in [-0.4, -0.2) is 59.0 Å². The number of nitrogens with one attached hydrogen (secondary N) is 3. The first kappa shape index (κ1) is 29.1. The summed E-state index contributed by atoms with van der Waals surface area (Å²) in [6.07, 6.45) is 0.593. The van der Waals surface area contributed by atoms with Crippen LogP contribution in [0.1, 0.15) is 43.7 Å². The third-order valence-corrected chi connectivity index (χ3v) is 7.73. The molecule has 0 spiro atoms. The molecule has 38 heavy (non-hydrogen) atoms. The Hall–Kier alpha value is -3.44. The summed E-state index contributed by atoms with van der Waals surface area (Å²) in [6.45, 7) is 4.07. The highest BCUT2D eigenvalue weighted by atomic mass is 32.2. The van der Waals surface area contributed by atoms with E-state index < -0.39 is 39.9 Å². The molecule has 0 aliphatic carbocycles. The number of carbonyl (C=O) groups is 3. The highest BCUT2D eigenvalue weighted by Crippen LogP contribution is 2.37. The molecule has 2 aromatic rings. The number of rotatable bonds is 12. The summed E-state index contributed by atoms with van der Waals surface area (Å²) in [7, 11) is -1.07. The van der Waals surface area contributed by atoms with Crippen molar-refractivity contribution in [3.63, 3.8) is 0 Å². The Bertz CT molecular complexity index is 1250. The molecule has 11 heteroatoms. The zero-order valence-electron chi connectivity index (χ0n) is 22.0. The average Bonchev–Trinajstić information content (AvgIpc) is 3.29. The number of fused-ring (bicyclic) bond motifs is 1. The van der Waals surface area contributed by atoms with Gasteiger partial charge in [0.25, 0.3) is 0 Å². The highest BCUT2D eigenvalue weighted by Gasteiger charge is 2.31. The van der Waals surface area contributed by atoms with Crippen LogP contribution >= 0.6 is 0 Å². The Morgan fingerprint density at radius 2 is 1.76 bits per heavy atom. The normalized spacial score (nSPS) is 16.2. The number of amides is 2. The maximum atomic E-state index is 13.3. The molecule has 1 heterocycles. The minimum Gasteiger partial charge on any atom is -0.493 e. The van der Waals surface area contributed by atoms with Gasteiger partial charge in [0.2, 0.25) is 21.8 Å². The largest absolute Gasteiger partial charge is 0.493 e. The monoisotopic (exact) mass is 545 g/mol. The molecule has 10 nitrogen and oxygen atoms in total. The second kappa shape index (κ2) is 12.9. The van der Waals surface area contributed by atoms with E-state index in [2.05, 4.69) is 15.4 Å². The predicted octanol–water partition coefficient (Wildman–Crippen LogP) is 1.89. The fourth-order valence-corrected chi connectivity index (χ4v) is 5.11. The first-order chi connectivity index (χ1) is 18.0. The fraction of sp³-hybridized carbons (Fsp3) is 0.444. The molecule has 0 fully saturated rings. The summed E-state index contributed by atoms with van der Waals surface area (Å²) < 4.78 is 37.3. The quantitative estimate of drug-likeness (QED) is 0.346. The summed E-state index contributed by atoms with van der Waals surface area (Å²) in [5.41, 5.74) is 1.45. The van der Waals surface area contributed by atoms with Crippen LogP contribution < -0.4 is 20.1 Å². The Balaban J connectivity index is 1.77. The van der Waals surface area contributed by atoms with E-state index in [-0.39, 0.29) is 36.2 Å². The van der Waals surface area contributed by atoms with E-state index >= 15 is 0 Å². The summed E-state index contributed by atoms with van der Waals surface area (Å²) >= 11 is 0. The van der Waals surface area contributed by atoms with E-state index in [1.54, 1.807) is 6.07 Å². The zero-order chi connectivity index (χ0) is 27.9. The fourth-order valence-electron chi connectivity index (χ4n) is 4.35. The van der Waals surface area contributed by atoms with Crippen LogP contribution in [0.3, 0.4) is 0 Å². The van der Waals surface area contributed by atoms with E-state index in [9.17, 15) is 22.8 Å². The van der Waals surface area contributed by atoms with Gasteiger partial charge in [0.1, 0.15) is 17.8 Å². The van der Waals surface area contributed by atoms with Gasteiger partial charge >= 0.3 is 5.97 Å². The van der Waals surface area contributed by atoms with Crippen LogP contribution in [0.4, 0.5) is 0 Å². The van der Waals surface area contributed by atoms with E-state index in [0.717, 1.165) is 5.56 Å². The van der Waals surface area contributed by atoms with Crippen LogP contribution in [0.15, 0.2) is 53.4 Å². The van der Waals surface area contributed by atoms with Gasteiger partial charge in [-0.05, 0) is 43.1 Å². The Labute approximate surface area is 223 Å². The van der Waals surface area contributed by atoms with Crippen molar-refractivity contribution in [3.8, 4) is 5.75 Å². The third kappa shape index (κ3) is 7.55. The van der Waals surface area contributed by atoms with Gasteiger partial charge in [0.15, 0.2) is 0 Å². The van der Waals surface area contributed by atoms with Crippen molar-refractivity contribution in [1.82, 2.24) is 15.4 Å². The van der Waals surface area contributed by atoms with E-state index in [0.29, 0.717) is 17.7 Å². The number of methoxy groups -OCH3 is 1. The van der Waals surface area contributed by atoms with Gasteiger partial charge in [-0.3, -0.25) is 9.59 Å². The maximum Gasteiger partial charge on any atom is 0.328 e. The molecule has 206 valence electrons. The second-order valence-electron chi connectivity index (χ2n) is 9.64. The smallest absolute Gasteiger partial charge is 0.328 e. The molecule has 0 saturated carbocycles. The lowest BCUT2D eigenvalue weighted by atomic mass is 9.97. The number of carbonyl (C=O) groups excluding carboxylic acids is 3. The van der Waals surface area contributed by atoms with Crippen molar-refractivity contribution >= 4 is 27.8 Å². The second-order valence-corrected chi connectivity index (χ2v) is 11.5. The number of hydrogen-bond acceptors (Lipinski definition) is 7. The SMILES string of the molecule is CNS(=O)(=O)c1ccc2c(c1)C(CC(=O)N[C@@H](Cc1ccccc1)C(=O)N[C@@H](CC(C)C)C(=O)OC)CO2. The average molecular weight is 546 g/mol. The minimum absolute atomic E-state index is 0.0128. The molecule has 0 saturated heterocycles. The molecule has 0 bridgehead atoms. The molecular weight excluding hydrogens is 510 g/mol. The van der Waals surface area contributed by atoms with Crippen molar-refractivity contribution in [2.45, 2.75) is 56.0 Å². The lowest BCUT2D eigenvalue weighted by molar-refractivity contribution is -0.145. The van der Waals surface area contributed by atoms with Crippen LogP contribution in [0.2, 0.25) is 0 Å². The molecule has 0 aromatic heterocycles. The molecule has 3 N–H and O–H groups in total.